The Kier molecular flexibility index (Phi) is 151. The first-order valence-electron chi connectivity index (χ1n) is 0.577. The molecule has 0 N–H and O–H groups in total. The number of rotatable bonds is 0. The van der Waals surface area contributed by atoms with E-state index in [-0.39, 0.29) is 105 Å². The van der Waals surface area contributed by atoms with Crippen molar-refractivity contribution < 1.29 is 60.0 Å². The van der Waals surface area contributed by atoms with Gasteiger partial charge in [0, 0.05) is 0 Å². The molecule has 0 rings (SSSR count). The van der Waals surface area contributed by atoms with Crippen molar-refractivity contribution in [3.8, 4) is 0 Å². The summed E-state index contributed by atoms with van der Waals surface area (Å²) in [6, 6.07) is 0. The Hall–Kier alpha value is 2.58. The van der Waals surface area contributed by atoms with Gasteiger partial charge in [-0.2, -0.15) is 0 Å². The van der Waals surface area contributed by atoms with Crippen LogP contribution >= 0.6 is 74.4 Å². The molecule has 0 aliphatic heterocycles. The fraction of sp³-hybridized carbons (Fsp3) is 0. The van der Waals surface area contributed by atoms with Gasteiger partial charge in [0.25, 0.3) is 0 Å². The van der Waals surface area contributed by atoms with E-state index in [0.29, 0.717) is 0 Å². The van der Waals surface area contributed by atoms with Crippen molar-refractivity contribution in [3.05, 3.63) is 0 Å². The van der Waals surface area contributed by atoms with E-state index in [0.717, 1.165) is 0 Å². The fourth-order valence-corrected chi connectivity index (χ4v) is 0. The molecular formula is H7Cl6NaO4Os. The third-order valence-corrected chi connectivity index (χ3v) is 0. The third-order valence-electron chi connectivity index (χ3n) is 0. The Labute approximate surface area is 133 Å². The second-order valence-corrected chi connectivity index (χ2v) is 2.89. The Balaban J connectivity index is -0.00000000286. The standard InChI is InChI=1S/6ClH.Na.4O.Os.H/h6*1H;;;;;;;/q;;;;;;+1;;;;;;-1. The molecular weight excluding hydrogens is 490 g/mol. The second kappa shape index (κ2) is 29.2. The van der Waals surface area contributed by atoms with E-state index in [4.69, 9.17) is 14.2 Å². The molecule has 0 aromatic heterocycles. The molecule has 0 aromatic carbocycles. The molecule has 82 valence electrons. The van der Waals surface area contributed by atoms with Crippen LogP contribution in [0.1, 0.15) is 1.43 Å². The average Bonchev–Trinajstić information content (AvgIpc) is 0.722. The van der Waals surface area contributed by atoms with Gasteiger partial charge in [-0.05, 0) is 0 Å². The van der Waals surface area contributed by atoms with E-state index in [1.54, 1.807) is 0 Å². The molecule has 0 unspecified atom stereocenters. The van der Waals surface area contributed by atoms with E-state index >= 15 is 0 Å². The average molecular weight is 497 g/mol. The van der Waals surface area contributed by atoms with Crippen molar-refractivity contribution in [2.45, 2.75) is 0 Å². The van der Waals surface area contributed by atoms with Gasteiger partial charge in [-0.25, -0.2) is 0 Å². The van der Waals surface area contributed by atoms with Gasteiger partial charge in [-0.3, -0.25) is 0 Å². The molecule has 0 saturated heterocycles. The summed E-state index contributed by atoms with van der Waals surface area (Å²) in [5, 5.41) is 0. The van der Waals surface area contributed by atoms with Gasteiger partial charge in [-0.1, -0.05) is 0 Å². The molecule has 0 fully saturated rings. The zero-order chi connectivity index (χ0) is 4.50. The van der Waals surface area contributed by atoms with Crippen LogP contribution in [0.3, 0.4) is 0 Å². The van der Waals surface area contributed by atoms with Gasteiger partial charge < -0.3 is 1.43 Å². The molecule has 0 aliphatic rings. The van der Waals surface area contributed by atoms with Crippen LogP contribution in [0.4, 0.5) is 0 Å². The van der Waals surface area contributed by atoms with E-state index in [1.165, 1.54) is 0 Å². The van der Waals surface area contributed by atoms with E-state index < -0.39 is 14.8 Å². The second-order valence-electron chi connectivity index (χ2n) is 0.354. The van der Waals surface area contributed by atoms with Crippen molar-refractivity contribution in [3.63, 3.8) is 0 Å². The zero-order valence-corrected chi connectivity index (χ0v) is 14.9. The SMILES string of the molecule is Cl.Cl.Cl.Cl.Cl.Cl.[H-].[Na+].[O]=[Os](=[O])(=[O])=[O]. The monoisotopic (exact) mass is 496 g/mol. The maximum atomic E-state index is 8.63. The molecule has 0 aliphatic carbocycles. The maximum absolute atomic E-state index is 8.63. The van der Waals surface area contributed by atoms with Gasteiger partial charge in [0.2, 0.25) is 0 Å². The summed E-state index contributed by atoms with van der Waals surface area (Å²) in [5.41, 5.74) is 0. The zero-order valence-electron chi connectivity index (χ0n) is 6.44. The molecule has 0 heterocycles. The molecule has 0 bridgehead atoms. The third kappa shape index (κ3) is 254. The van der Waals surface area contributed by atoms with Crippen LogP contribution < -0.4 is 29.6 Å². The molecule has 0 radical (unpaired) electrons. The van der Waals surface area contributed by atoms with Crippen molar-refractivity contribution >= 4 is 74.4 Å². The first-order chi connectivity index (χ1) is 2.00. The normalized spacial score (nSPS) is 4.67. The molecule has 0 saturated carbocycles. The minimum absolute atomic E-state index is 0. The van der Waals surface area contributed by atoms with Gasteiger partial charge in [0.1, 0.15) is 0 Å². The van der Waals surface area contributed by atoms with Crippen molar-refractivity contribution in [2.75, 3.05) is 0 Å². The molecule has 12 heteroatoms. The Morgan fingerprint density at radius 3 is 0.583 bits per heavy atom. The summed E-state index contributed by atoms with van der Waals surface area (Å²) in [5.74, 6) is 0. The van der Waals surface area contributed by atoms with Crippen LogP contribution in [0.5, 0.6) is 0 Å². The van der Waals surface area contributed by atoms with Gasteiger partial charge in [0.15, 0.2) is 0 Å². The predicted molar refractivity (Wildman–Crippen MR) is 47.3 cm³/mol. The summed E-state index contributed by atoms with van der Waals surface area (Å²) < 4.78 is 34.5. The Morgan fingerprint density at radius 1 is 0.583 bits per heavy atom. The fourth-order valence-electron chi connectivity index (χ4n) is 0. The molecule has 4 nitrogen and oxygen atoms in total. The van der Waals surface area contributed by atoms with Crippen LogP contribution in [-0.4, -0.2) is 0 Å². The van der Waals surface area contributed by atoms with Crippen molar-refractivity contribution in [2.24, 2.45) is 0 Å². The summed E-state index contributed by atoms with van der Waals surface area (Å²) in [4.78, 5) is 0. The molecule has 12 heavy (non-hydrogen) atoms. The topological polar surface area (TPSA) is 68.3 Å². The van der Waals surface area contributed by atoms with Gasteiger partial charge in [0.05, 0.1) is 0 Å². The first kappa shape index (κ1) is 62.1. The quantitative estimate of drug-likeness (QED) is 0.411. The van der Waals surface area contributed by atoms with E-state index in [2.05, 4.69) is 0 Å². The molecule has 0 atom stereocenters. The summed E-state index contributed by atoms with van der Waals surface area (Å²) in [6.45, 7) is 0. The Morgan fingerprint density at radius 2 is 0.583 bits per heavy atom. The van der Waals surface area contributed by atoms with Crippen LogP contribution in [0.15, 0.2) is 0 Å². The predicted octanol–water partition coefficient (Wildman–Crippen LogP) is -0.830. The van der Waals surface area contributed by atoms with Crippen molar-refractivity contribution in [1.29, 1.82) is 0 Å². The van der Waals surface area contributed by atoms with Crippen LogP contribution in [0.2, 0.25) is 0 Å². The van der Waals surface area contributed by atoms with Gasteiger partial charge >= 0.3 is 58.6 Å². The van der Waals surface area contributed by atoms with Crippen LogP contribution in [0.25, 0.3) is 0 Å². The molecule has 0 amide bonds. The molecule has 0 spiro atoms. The summed E-state index contributed by atoms with van der Waals surface area (Å²) in [7, 11) is 0. The Bertz CT molecular complexity index is 176. The first-order valence-corrected chi connectivity index (χ1v) is 4.73. The van der Waals surface area contributed by atoms with Gasteiger partial charge in [-0.15, -0.1) is 74.4 Å². The minimum atomic E-state index is -6.06. The number of hydrogen-bond acceptors (Lipinski definition) is 4. The number of hydrogen-bond donors (Lipinski definition) is 0. The number of halogens is 6. The van der Waals surface area contributed by atoms with Crippen LogP contribution in [0, 0.1) is 0 Å². The summed E-state index contributed by atoms with van der Waals surface area (Å²) in [6.07, 6.45) is 0. The van der Waals surface area contributed by atoms with Crippen molar-refractivity contribution in [1.82, 2.24) is 0 Å². The van der Waals surface area contributed by atoms with E-state index in [9.17, 15) is 0 Å². The van der Waals surface area contributed by atoms with E-state index in [1.807, 2.05) is 0 Å². The molecule has 0 aromatic rings. The van der Waals surface area contributed by atoms with Crippen LogP contribution in [-0.2, 0) is 29.0 Å². The summed E-state index contributed by atoms with van der Waals surface area (Å²) >= 11 is -6.06.